The van der Waals surface area contributed by atoms with Gasteiger partial charge in [-0.3, -0.25) is 0 Å². The van der Waals surface area contributed by atoms with Gasteiger partial charge in [0.1, 0.15) is 0 Å². The third kappa shape index (κ3) is 35.2. The number of hydrogen-bond acceptors (Lipinski definition) is 2. The standard InChI is InChI=1S/C38H74O2/c1-3-5-6-7-8-9-10-11-12-13-14-15-16-17-18-19-20-21-22-23-24-25-26-27-28-29-30-31-32-33-34-35-36-37-38(39)40-4-2/h36-37H,3-35H2,1-2H3. The summed E-state index contributed by atoms with van der Waals surface area (Å²) in [4.78, 5) is 11.2. The number of esters is 1. The minimum Gasteiger partial charge on any atom is -0.463 e. The van der Waals surface area contributed by atoms with E-state index < -0.39 is 0 Å². The van der Waals surface area contributed by atoms with Crippen LogP contribution in [0.1, 0.15) is 219 Å². The predicted octanol–water partition coefficient (Wildman–Crippen LogP) is 13.6. The first kappa shape index (κ1) is 39.2. The summed E-state index contributed by atoms with van der Waals surface area (Å²) in [7, 11) is 0. The van der Waals surface area contributed by atoms with Crippen LogP contribution in [-0.2, 0) is 9.53 Å². The molecule has 0 unspecified atom stereocenters. The van der Waals surface area contributed by atoms with Crippen molar-refractivity contribution in [1.29, 1.82) is 0 Å². The normalized spacial score (nSPS) is 11.6. The van der Waals surface area contributed by atoms with Crippen LogP contribution >= 0.6 is 0 Å². The molecule has 0 aromatic rings. The van der Waals surface area contributed by atoms with E-state index in [1.165, 1.54) is 199 Å². The first-order valence-electron chi connectivity index (χ1n) is 18.6. The lowest BCUT2D eigenvalue weighted by molar-refractivity contribution is -0.137. The molecule has 2 nitrogen and oxygen atoms in total. The molecule has 2 heteroatoms. The Morgan fingerprint density at radius 1 is 0.400 bits per heavy atom. The summed E-state index contributed by atoms with van der Waals surface area (Å²) >= 11 is 0. The first-order valence-corrected chi connectivity index (χ1v) is 18.6. The summed E-state index contributed by atoms with van der Waals surface area (Å²) in [5.41, 5.74) is 0. The molecule has 0 saturated carbocycles. The quantitative estimate of drug-likeness (QED) is 0.0443. The molecule has 0 aromatic heterocycles. The third-order valence-electron chi connectivity index (χ3n) is 8.51. The average Bonchev–Trinajstić information content (AvgIpc) is 2.95. The van der Waals surface area contributed by atoms with Crippen molar-refractivity contribution in [1.82, 2.24) is 0 Å². The van der Waals surface area contributed by atoms with Gasteiger partial charge in [-0.1, -0.05) is 206 Å². The van der Waals surface area contributed by atoms with Gasteiger partial charge in [-0.25, -0.2) is 4.79 Å². The van der Waals surface area contributed by atoms with E-state index >= 15 is 0 Å². The number of unbranched alkanes of at least 4 members (excludes halogenated alkanes) is 31. The Kier molecular flexibility index (Phi) is 35.5. The van der Waals surface area contributed by atoms with E-state index in [9.17, 15) is 4.79 Å². The maximum Gasteiger partial charge on any atom is 0.330 e. The zero-order valence-electron chi connectivity index (χ0n) is 27.8. The molecule has 0 atom stereocenters. The van der Waals surface area contributed by atoms with Gasteiger partial charge >= 0.3 is 5.97 Å². The van der Waals surface area contributed by atoms with Crippen molar-refractivity contribution in [2.75, 3.05) is 6.61 Å². The van der Waals surface area contributed by atoms with Gasteiger partial charge in [0.2, 0.25) is 0 Å². The second-order valence-electron chi connectivity index (χ2n) is 12.5. The number of ether oxygens (including phenoxy) is 1. The van der Waals surface area contributed by atoms with E-state index in [0.717, 1.165) is 6.42 Å². The SMILES string of the molecule is CCCCCCCCCCCCCCCCCCCCCCCCCCCCCCCCCC=CC(=O)OCC. The van der Waals surface area contributed by atoms with E-state index in [-0.39, 0.29) is 5.97 Å². The monoisotopic (exact) mass is 563 g/mol. The largest absolute Gasteiger partial charge is 0.463 e. The van der Waals surface area contributed by atoms with Crippen LogP contribution in [0.25, 0.3) is 0 Å². The lowest BCUT2D eigenvalue weighted by atomic mass is 10.0. The van der Waals surface area contributed by atoms with Gasteiger partial charge < -0.3 is 4.74 Å². The molecule has 0 amide bonds. The van der Waals surface area contributed by atoms with Gasteiger partial charge in [0.15, 0.2) is 0 Å². The fourth-order valence-electron chi connectivity index (χ4n) is 5.83. The summed E-state index contributed by atoms with van der Waals surface area (Å²) in [6.07, 6.45) is 49.2. The van der Waals surface area contributed by atoms with Crippen LogP contribution in [0, 0.1) is 0 Å². The van der Waals surface area contributed by atoms with Crippen molar-refractivity contribution in [3.63, 3.8) is 0 Å². The van der Waals surface area contributed by atoms with Crippen LogP contribution in [0.2, 0.25) is 0 Å². The van der Waals surface area contributed by atoms with Gasteiger partial charge in [0.05, 0.1) is 6.61 Å². The Labute approximate surface area is 253 Å². The average molecular weight is 563 g/mol. The topological polar surface area (TPSA) is 26.3 Å². The number of carbonyl (C=O) groups excluding carboxylic acids is 1. The number of rotatable bonds is 34. The predicted molar refractivity (Wildman–Crippen MR) is 179 cm³/mol. The van der Waals surface area contributed by atoms with Crippen molar-refractivity contribution in [3.05, 3.63) is 12.2 Å². The lowest BCUT2D eigenvalue weighted by Gasteiger charge is -2.04. The maximum atomic E-state index is 11.2. The Bertz CT molecular complexity index is 498. The van der Waals surface area contributed by atoms with Gasteiger partial charge in [-0.05, 0) is 19.8 Å². The minimum absolute atomic E-state index is 0.205. The van der Waals surface area contributed by atoms with E-state index in [1.807, 2.05) is 13.0 Å². The first-order chi connectivity index (χ1) is 19.8. The fourth-order valence-corrected chi connectivity index (χ4v) is 5.83. The van der Waals surface area contributed by atoms with Crippen LogP contribution in [0.3, 0.4) is 0 Å². The molecular weight excluding hydrogens is 488 g/mol. The van der Waals surface area contributed by atoms with Crippen molar-refractivity contribution < 1.29 is 9.53 Å². The van der Waals surface area contributed by atoms with Crippen LogP contribution in [0.4, 0.5) is 0 Å². The summed E-state index contributed by atoms with van der Waals surface area (Å²) in [6.45, 7) is 4.61. The summed E-state index contributed by atoms with van der Waals surface area (Å²) in [6, 6.07) is 0. The molecule has 0 N–H and O–H groups in total. The molecule has 0 aromatic carbocycles. The Balaban J connectivity index is 3.07. The molecule has 0 spiro atoms. The van der Waals surface area contributed by atoms with Crippen LogP contribution in [-0.4, -0.2) is 12.6 Å². The second-order valence-corrected chi connectivity index (χ2v) is 12.5. The Morgan fingerprint density at radius 2 is 0.650 bits per heavy atom. The molecule has 0 rings (SSSR count). The zero-order valence-corrected chi connectivity index (χ0v) is 27.8. The molecule has 0 aliphatic carbocycles. The van der Waals surface area contributed by atoms with Crippen LogP contribution < -0.4 is 0 Å². The second kappa shape index (κ2) is 36.2. The Hall–Kier alpha value is -0.790. The Morgan fingerprint density at radius 3 is 0.900 bits per heavy atom. The van der Waals surface area contributed by atoms with Crippen molar-refractivity contribution in [3.8, 4) is 0 Å². The molecule has 0 fully saturated rings. The minimum atomic E-state index is -0.205. The van der Waals surface area contributed by atoms with E-state index in [1.54, 1.807) is 6.08 Å². The van der Waals surface area contributed by atoms with Crippen molar-refractivity contribution >= 4 is 5.97 Å². The molecule has 0 saturated heterocycles. The van der Waals surface area contributed by atoms with Gasteiger partial charge in [-0.2, -0.15) is 0 Å². The van der Waals surface area contributed by atoms with E-state index in [2.05, 4.69) is 6.92 Å². The van der Waals surface area contributed by atoms with E-state index in [0.29, 0.717) is 6.61 Å². The van der Waals surface area contributed by atoms with Crippen LogP contribution in [0.5, 0.6) is 0 Å². The van der Waals surface area contributed by atoms with Crippen LogP contribution in [0.15, 0.2) is 12.2 Å². The zero-order chi connectivity index (χ0) is 29.0. The molecule has 0 aliphatic rings. The molecule has 0 aliphatic heterocycles. The molecule has 238 valence electrons. The van der Waals surface area contributed by atoms with Gasteiger partial charge in [-0.15, -0.1) is 0 Å². The number of carbonyl (C=O) groups is 1. The molecule has 0 heterocycles. The molecule has 0 radical (unpaired) electrons. The lowest BCUT2D eigenvalue weighted by Crippen LogP contribution is -1.98. The van der Waals surface area contributed by atoms with Gasteiger partial charge in [0.25, 0.3) is 0 Å². The van der Waals surface area contributed by atoms with Gasteiger partial charge in [0, 0.05) is 6.08 Å². The molecule has 40 heavy (non-hydrogen) atoms. The highest BCUT2D eigenvalue weighted by atomic mass is 16.5. The summed E-state index contributed by atoms with van der Waals surface area (Å²) < 4.78 is 4.89. The highest BCUT2D eigenvalue weighted by Crippen LogP contribution is 2.16. The van der Waals surface area contributed by atoms with Crippen molar-refractivity contribution in [2.24, 2.45) is 0 Å². The van der Waals surface area contributed by atoms with Crippen molar-refractivity contribution in [2.45, 2.75) is 219 Å². The third-order valence-corrected chi connectivity index (χ3v) is 8.51. The summed E-state index contributed by atoms with van der Waals surface area (Å²) in [5.74, 6) is -0.205. The smallest absolute Gasteiger partial charge is 0.330 e. The fraction of sp³-hybridized carbons (Fsp3) is 0.921. The summed E-state index contributed by atoms with van der Waals surface area (Å²) in [5, 5.41) is 0. The maximum absolute atomic E-state index is 11.2. The highest BCUT2D eigenvalue weighted by molar-refractivity contribution is 5.81. The highest BCUT2D eigenvalue weighted by Gasteiger charge is 1.97. The number of allylic oxidation sites excluding steroid dienone is 1. The van der Waals surface area contributed by atoms with E-state index in [4.69, 9.17) is 4.74 Å². The molecular formula is C38H74O2. The number of hydrogen-bond donors (Lipinski definition) is 0. The molecule has 0 bridgehead atoms.